The van der Waals surface area contributed by atoms with Gasteiger partial charge in [-0.15, -0.1) is 0 Å². The van der Waals surface area contributed by atoms with Gasteiger partial charge in [0, 0.05) is 54.3 Å². The Balaban J connectivity index is 1.36. The van der Waals surface area contributed by atoms with Crippen LogP contribution in [0.3, 0.4) is 0 Å². The first kappa shape index (κ1) is 21.1. The van der Waals surface area contributed by atoms with Crippen LogP contribution >= 0.6 is 0 Å². The van der Waals surface area contributed by atoms with Crippen LogP contribution in [0.25, 0.3) is 22.3 Å². The lowest BCUT2D eigenvalue weighted by Crippen LogP contribution is -2.26. The van der Waals surface area contributed by atoms with Crippen molar-refractivity contribution in [3.63, 3.8) is 0 Å². The first-order valence-corrected chi connectivity index (χ1v) is 12.0. The average Bonchev–Trinajstić information content (AvgIpc) is 3.59. The molecule has 0 bridgehead atoms. The second-order valence-corrected chi connectivity index (χ2v) is 9.00. The number of anilines is 3. The van der Waals surface area contributed by atoms with E-state index in [0.29, 0.717) is 0 Å². The number of benzene rings is 4. The van der Waals surface area contributed by atoms with E-state index in [9.17, 15) is 0 Å². The van der Waals surface area contributed by atoms with Crippen LogP contribution in [0.2, 0.25) is 0 Å². The first-order valence-electron chi connectivity index (χ1n) is 12.0. The third-order valence-electron chi connectivity index (χ3n) is 6.59. The van der Waals surface area contributed by atoms with Crippen LogP contribution in [0.15, 0.2) is 128 Å². The van der Waals surface area contributed by atoms with Crippen molar-refractivity contribution in [3.8, 4) is 22.3 Å². The van der Waals surface area contributed by atoms with Crippen molar-refractivity contribution < 1.29 is 0 Å². The SMILES string of the molecule is CN1C=CN(c2cccc(N3C=CN(c4c(-c5ccccc5)cccc4-c4ccccc4)C3)c2)C1. The number of hydrogen-bond acceptors (Lipinski definition) is 4. The summed E-state index contributed by atoms with van der Waals surface area (Å²) in [4.78, 5) is 9.11. The number of hydrogen-bond donors (Lipinski definition) is 0. The maximum Gasteiger partial charge on any atom is 0.0989 e. The van der Waals surface area contributed by atoms with E-state index in [0.717, 1.165) is 13.3 Å². The molecule has 0 fully saturated rings. The van der Waals surface area contributed by atoms with Crippen molar-refractivity contribution in [3.05, 3.63) is 128 Å². The van der Waals surface area contributed by atoms with E-state index in [-0.39, 0.29) is 0 Å². The van der Waals surface area contributed by atoms with Crippen LogP contribution < -0.4 is 14.7 Å². The van der Waals surface area contributed by atoms with E-state index in [2.05, 4.69) is 155 Å². The molecule has 2 heterocycles. The molecule has 0 atom stereocenters. The molecule has 0 amide bonds. The molecule has 4 heteroatoms. The molecule has 2 aliphatic rings. The van der Waals surface area contributed by atoms with Crippen LogP contribution in [0.4, 0.5) is 17.1 Å². The summed E-state index contributed by atoms with van der Waals surface area (Å²) in [6.45, 7) is 1.62. The Morgan fingerprint density at radius 1 is 0.486 bits per heavy atom. The molecule has 4 nitrogen and oxygen atoms in total. The highest BCUT2D eigenvalue weighted by molar-refractivity contribution is 5.92. The van der Waals surface area contributed by atoms with Gasteiger partial charge in [-0.3, -0.25) is 0 Å². The molecule has 0 saturated carbocycles. The molecule has 0 radical (unpaired) electrons. The molecule has 4 aromatic carbocycles. The van der Waals surface area contributed by atoms with Gasteiger partial charge in [-0.25, -0.2) is 0 Å². The molecule has 2 aliphatic heterocycles. The largest absolute Gasteiger partial charge is 0.361 e. The van der Waals surface area contributed by atoms with Gasteiger partial charge in [0.05, 0.1) is 19.0 Å². The van der Waals surface area contributed by atoms with Crippen molar-refractivity contribution in [2.24, 2.45) is 0 Å². The number of rotatable bonds is 5. The second-order valence-electron chi connectivity index (χ2n) is 9.00. The maximum absolute atomic E-state index is 2.36. The first-order chi connectivity index (χ1) is 17.3. The smallest absolute Gasteiger partial charge is 0.0989 e. The molecule has 172 valence electrons. The monoisotopic (exact) mass is 456 g/mol. The van der Waals surface area contributed by atoms with Gasteiger partial charge >= 0.3 is 0 Å². The van der Waals surface area contributed by atoms with Gasteiger partial charge in [-0.2, -0.15) is 0 Å². The predicted molar refractivity (Wildman–Crippen MR) is 147 cm³/mol. The summed E-state index contributed by atoms with van der Waals surface area (Å²) < 4.78 is 0. The molecule has 0 unspecified atom stereocenters. The van der Waals surface area contributed by atoms with E-state index in [1.165, 1.54) is 39.3 Å². The summed E-state index contributed by atoms with van der Waals surface area (Å²) >= 11 is 0. The molecule has 0 aromatic heterocycles. The predicted octanol–water partition coefficient (Wildman–Crippen LogP) is 6.96. The zero-order valence-electron chi connectivity index (χ0n) is 19.8. The summed E-state index contributed by atoms with van der Waals surface area (Å²) in [5.74, 6) is 0. The molecule has 35 heavy (non-hydrogen) atoms. The van der Waals surface area contributed by atoms with Gasteiger partial charge in [0.25, 0.3) is 0 Å². The number of para-hydroxylation sites is 1. The van der Waals surface area contributed by atoms with Gasteiger partial charge in [-0.05, 0) is 29.3 Å². The van der Waals surface area contributed by atoms with Crippen molar-refractivity contribution >= 4 is 17.1 Å². The summed E-state index contributed by atoms with van der Waals surface area (Å²) in [5.41, 5.74) is 8.52. The standard InChI is InChI=1S/C31H28N4/c1-32-18-19-33(23-32)27-14-8-15-28(22-27)34-20-21-35(24-34)31-29(25-10-4-2-5-11-25)16-9-17-30(31)26-12-6-3-7-13-26/h2-22H,23-24H2,1H3. The van der Waals surface area contributed by atoms with Gasteiger partial charge < -0.3 is 19.6 Å². The number of nitrogens with zero attached hydrogens (tertiary/aromatic N) is 4. The van der Waals surface area contributed by atoms with E-state index < -0.39 is 0 Å². The lowest BCUT2D eigenvalue weighted by Gasteiger charge is -2.27. The van der Waals surface area contributed by atoms with E-state index >= 15 is 0 Å². The Hall–Kier alpha value is -4.44. The van der Waals surface area contributed by atoms with E-state index in [4.69, 9.17) is 0 Å². The topological polar surface area (TPSA) is 13.0 Å². The van der Waals surface area contributed by atoms with Crippen molar-refractivity contribution in [1.29, 1.82) is 0 Å². The normalized spacial score (nSPS) is 14.9. The third-order valence-corrected chi connectivity index (χ3v) is 6.59. The Bertz CT molecular complexity index is 1320. The lowest BCUT2D eigenvalue weighted by atomic mass is 9.95. The van der Waals surface area contributed by atoms with Gasteiger partial charge in [-0.1, -0.05) is 84.9 Å². The highest BCUT2D eigenvalue weighted by Crippen LogP contribution is 2.41. The fraction of sp³-hybridized carbons (Fsp3) is 0.0968. The minimum Gasteiger partial charge on any atom is -0.361 e. The molecular weight excluding hydrogens is 428 g/mol. The van der Waals surface area contributed by atoms with Crippen LogP contribution in [0.5, 0.6) is 0 Å². The molecule has 6 rings (SSSR count). The zero-order chi connectivity index (χ0) is 23.6. The minimum absolute atomic E-state index is 0.753. The van der Waals surface area contributed by atoms with Crippen LogP contribution in [-0.2, 0) is 0 Å². The van der Waals surface area contributed by atoms with Gasteiger partial charge in [0.15, 0.2) is 0 Å². The Morgan fingerprint density at radius 2 is 1.00 bits per heavy atom. The maximum atomic E-state index is 2.36. The van der Waals surface area contributed by atoms with Crippen molar-refractivity contribution in [2.45, 2.75) is 0 Å². The lowest BCUT2D eigenvalue weighted by molar-refractivity contribution is 0.496. The minimum atomic E-state index is 0.753. The Kier molecular flexibility index (Phi) is 5.47. The van der Waals surface area contributed by atoms with Crippen molar-refractivity contribution in [1.82, 2.24) is 4.90 Å². The zero-order valence-corrected chi connectivity index (χ0v) is 19.8. The summed E-state index contributed by atoms with van der Waals surface area (Å²) in [5, 5.41) is 0. The highest BCUT2D eigenvalue weighted by Gasteiger charge is 2.22. The quantitative estimate of drug-likeness (QED) is 0.322. The fourth-order valence-electron chi connectivity index (χ4n) is 4.83. The molecule has 0 aliphatic carbocycles. The van der Waals surface area contributed by atoms with E-state index in [1.807, 2.05) is 0 Å². The van der Waals surface area contributed by atoms with Crippen LogP contribution in [-0.4, -0.2) is 25.3 Å². The van der Waals surface area contributed by atoms with Gasteiger partial charge in [0.1, 0.15) is 0 Å². The van der Waals surface area contributed by atoms with E-state index in [1.54, 1.807) is 0 Å². The average molecular weight is 457 g/mol. The Labute approximate surface area is 207 Å². The summed E-state index contributed by atoms with van der Waals surface area (Å²) in [7, 11) is 2.09. The molecule has 0 saturated heterocycles. The molecular formula is C31H28N4. The van der Waals surface area contributed by atoms with Gasteiger partial charge in [0.2, 0.25) is 0 Å². The van der Waals surface area contributed by atoms with Crippen LogP contribution in [0, 0.1) is 0 Å². The fourth-order valence-corrected chi connectivity index (χ4v) is 4.83. The van der Waals surface area contributed by atoms with Crippen LogP contribution in [0.1, 0.15) is 0 Å². The molecule has 0 N–H and O–H groups in total. The second kappa shape index (κ2) is 9.07. The summed E-state index contributed by atoms with van der Waals surface area (Å²) in [6, 6.07) is 36.7. The highest BCUT2D eigenvalue weighted by atomic mass is 15.4. The third kappa shape index (κ3) is 4.15. The molecule has 4 aromatic rings. The Morgan fingerprint density at radius 3 is 1.57 bits per heavy atom. The molecule has 0 spiro atoms. The van der Waals surface area contributed by atoms with Crippen molar-refractivity contribution in [2.75, 3.05) is 35.1 Å². The summed E-state index contributed by atoms with van der Waals surface area (Å²) in [6.07, 6.45) is 8.62.